The number of oxazole rings is 1. The Labute approximate surface area is 120 Å². The lowest BCUT2D eigenvalue weighted by molar-refractivity contribution is 0.0601. The van der Waals surface area contributed by atoms with E-state index in [1.807, 2.05) is 31.2 Å². The second-order valence-corrected chi connectivity index (χ2v) is 4.66. The molecule has 1 heterocycles. The summed E-state index contributed by atoms with van der Waals surface area (Å²) in [6.45, 7) is 1.91. The fourth-order valence-corrected chi connectivity index (χ4v) is 2.30. The van der Waals surface area contributed by atoms with Crippen LogP contribution in [0.4, 0.5) is 0 Å². The van der Waals surface area contributed by atoms with E-state index in [-0.39, 0.29) is 0 Å². The van der Waals surface area contributed by atoms with Crippen LogP contribution in [0.2, 0.25) is 0 Å². The summed E-state index contributed by atoms with van der Waals surface area (Å²) in [4.78, 5) is 23.8. The number of hydrogen-bond acceptors (Lipinski definition) is 4. The highest BCUT2D eigenvalue weighted by molar-refractivity contribution is 5.93. The van der Waals surface area contributed by atoms with Crippen molar-refractivity contribution in [3.05, 3.63) is 64.1 Å². The average molecular weight is 283 g/mol. The Balaban J connectivity index is 2.32. The van der Waals surface area contributed by atoms with Gasteiger partial charge in [-0.2, -0.15) is 0 Å². The molecule has 0 aliphatic heterocycles. The van der Waals surface area contributed by atoms with Crippen LogP contribution in [0.1, 0.15) is 15.9 Å². The molecule has 0 saturated carbocycles. The molecule has 0 saturated heterocycles. The number of nitrogens with zero attached hydrogens (tertiary/aromatic N) is 1. The van der Waals surface area contributed by atoms with Crippen molar-refractivity contribution in [1.29, 1.82) is 0 Å². The van der Waals surface area contributed by atoms with Gasteiger partial charge in [-0.25, -0.2) is 14.2 Å². The van der Waals surface area contributed by atoms with E-state index in [4.69, 9.17) is 9.15 Å². The summed E-state index contributed by atoms with van der Waals surface area (Å²) in [5.41, 5.74) is 3.00. The molecule has 0 spiro atoms. The Morgan fingerprint density at radius 1 is 1.19 bits per heavy atom. The van der Waals surface area contributed by atoms with Gasteiger partial charge in [-0.05, 0) is 36.8 Å². The SMILES string of the molecule is COC(=O)c1ccc2oc(=O)n(-c3ccccc3C)c2c1. The number of carbonyl (C=O) groups excluding carboxylic acids is 1. The van der Waals surface area contributed by atoms with Crippen molar-refractivity contribution >= 4 is 17.1 Å². The van der Waals surface area contributed by atoms with Crippen LogP contribution in [0.25, 0.3) is 16.8 Å². The summed E-state index contributed by atoms with van der Waals surface area (Å²) >= 11 is 0. The van der Waals surface area contributed by atoms with E-state index in [2.05, 4.69) is 0 Å². The van der Waals surface area contributed by atoms with Crippen LogP contribution >= 0.6 is 0 Å². The molecule has 0 fully saturated rings. The predicted molar refractivity (Wildman–Crippen MR) is 77.9 cm³/mol. The fraction of sp³-hybridized carbons (Fsp3) is 0.125. The molecular weight excluding hydrogens is 270 g/mol. The first-order chi connectivity index (χ1) is 10.1. The van der Waals surface area contributed by atoms with Crippen molar-refractivity contribution in [2.24, 2.45) is 0 Å². The van der Waals surface area contributed by atoms with Gasteiger partial charge >= 0.3 is 11.7 Å². The fourth-order valence-electron chi connectivity index (χ4n) is 2.30. The first-order valence-corrected chi connectivity index (χ1v) is 6.42. The molecule has 2 aromatic carbocycles. The van der Waals surface area contributed by atoms with Gasteiger partial charge in [0.1, 0.15) is 0 Å². The normalized spacial score (nSPS) is 10.8. The minimum Gasteiger partial charge on any atom is -0.465 e. The topological polar surface area (TPSA) is 61.4 Å². The average Bonchev–Trinajstić information content (AvgIpc) is 2.82. The maximum Gasteiger partial charge on any atom is 0.424 e. The largest absolute Gasteiger partial charge is 0.465 e. The first kappa shape index (κ1) is 13.2. The van der Waals surface area contributed by atoms with Gasteiger partial charge in [0, 0.05) is 0 Å². The van der Waals surface area contributed by atoms with E-state index in [9.17, 15) is 9.59 Å². The number of methoxy groups -OCH3 is 1. The van der Waals surface area contributed by atoms with Crippen molar-refractivity contribution in [3.8, 4) is 5.69 Å². The van der Waals surface area contributed by atoms with Crippen LogP contribution in [0.15, 0.2) is 51.7 Å². The van der Waals surface area contributed by atoms with Crippen LogP contribution in [0.5, 0.6) is 0 Å². The van der Waals surface area contributed by atoms with Crippen LogP contribution < -0.4 is 5.76 Å². The monoisotopic (exact) mass is 283 g/mol. The first-order valence-electron chi connectivity index (χ1n) is 6.42. The highest BCUT2D eigenvalue weighted by atomic mass is 16.5. The Morgan fingerprint density at radius 2 is 1.95 bits per heavy atom. The Morgan fingerprint density at radius 3 is 2.67 bits per heavy atom. The van der Waals surface area contributed by atoms with Gasteiger partial charge in [0.05, 0.1) is 23.9 Å². The molecule has 106 valence electrons. The van der Waals surface area contributed by atoms with Gasteiger partial charge in [0.25, 0.3) is 0 Å². The minimum atomic E-state index is -0.485. The number of esters is 1. The lowest BCUT2D eigenvalue weighted by Crippen LogP contribution is -2.13. The molecule has 5 heteroatoms. The molecule has 0 amide bonds. The Bertz CT molecular complexity index is 889. The second kappa shape index (κ2) is 4.94. The highest BCUT2D eigenvalue weighted by Crippen LogP contribution is 2.21. The summed E-state index contributed by atoms with van der Waals surface area (Å²) in [7, 11) is 1.32. The smallest absolute Gasteiger partial charge is 0.424 e. The van der Waals surface area contributed by atoms with Crippen molar-refractivity contribution in [3.63, 3.8) is 0 Å². The summed E-state index contributed by atoms with van der Waals surface area (Å²) in [6, 6.07) is 12.2. The van der Waals surface area contributed by atoms with Gasteiger partial charge in [-0.1, -0.05) is 18.2 Å². The Hall–Kier alpha value is -2.82. The molecule has 3 rings (SSSR count). The minimum absolute atomic E-state index is 0.369. The zero-order valence-corrected chi connectivity index (χ0v) is 11.6. The summed E-state index contributed by atoms with van der Waals surface area (Å²) in [5, 5.41) is 0. The van der Waals surface area contributed by atoms with Crippen molar-refractivity contribution < 1.29 is 13.9 Å². The molecule has 0 unspecified atom stereocenters. The summed E-state index contributed by atoms with van der Waals surface area (Å²) < 4.78 is 11.4. The zero-order chi connectivity index (χ0) is 15.0. The molecular formula is C16H13NO4. The molecule has 3 aromatic rings. The zero-order valence-electron chi connectivity index (χ0n) is 11.6. The number of fused-ring (bicyclic) bond motifs is 1. The van der Waals surface area contributed by atoms with E-state index >= 15 is 0 Å². The van der Waals surface area contributed by atoms with Gasteiger partial charge < -0.3 is 9.15 Å². The quantitative estimate of drug-likeness (QED) is 0.678. The lowest BCUT2D eigenvalue weighted by atomic mass is 10.1. The van der Waals surface area contributed by atoms with Gasteiger partial charge in [0.2, 0.25) is 0 Å². The number of ether oxygens (including phenoxy) is 1. The maximum atomic E-state index is 12.1. The Kier molecular flexibility index (Phi) is 3.10. The van der Waals surface area contributed by atoms with Crippen LogP contribution in [-0.2, 0) is 4.74 Å². The van der Waals surface area contributed by atoms with Crippen molar-refractivity contribution in [1.82, 2.24) is 4.57 Å². The van der Waals surface area contributed by atoms with E-state index < -0.39 is 11.7 Å². The van der Waals surface area contributed by atoms with Gasteiger partial charge in [0.15, 0.2) is 5.58 Å². The van der Waals surface area contributed by atoms with Gasteiger partial charge in [-0.3, -0.25) is 0 Å². The number of para-hydroxylation sites is 1. The third-order valence-corrected chi connectivity index (χ3v) is 3.36. The molecule has 0 bridgehead atoms. The maximum absolute atomic E-state index is 12.1. The number of hydrogen-bond donors (Lipinski definition) is 0. The lowest BCUT2D eigenvalue weighted by Gasteiger charge is -2.06. The third kappa shape index (κ3) is 2.12. The number of aromatic nitrogens is 1. The molecule has 0 aliphatic carbocycles. The van der Waals surface area contributed by atoms with Crippen LogP contribution in [0, 0.1) is 6.92 Å². The standard InChI is InChI=1S/C16H13NO4/c1-10-5-3-4-6-12(10)17-13-9-11(15(18)20-2)7-8-14(13)21-16(17)19/h3-9H,1-2H3. The molecule has 0 aliphatic rings. The molecule has 0 N–H and O–H groups in total. The molecule has 21 heavy (non-hydrogen) atoms. The number of benzene rings is 2. The number of aryl methyl sites for hydroxylation is 1. The predicted octanol–water partition coefficient (Wildman–Crippen LogP) is 2.68. The highest BCUT2D eigenvalue weighted by Gasteiger charge is 2.15. The summed E-state index contributed by atoms with van der Waals surface area (Å²) in [6.07, 6.45) is 0. The van der Waals surface area contributed by atoms with E-state index in [0.717, 1.165) is 11.3 Å². The second-order valence-electron chi connectivity index (χ2n) is 4.66. The number of carbonyl (C=O) groups is 1. The van der Waals surface area contributed by atoms with E-state index in [1.165, 1.54) is 11.7 Å². The van der Waals surface area contributed by atoms with Crippen LogP contribution in [0.3, 0.4) is 0 Å². The van der Waals surface area contributed by atoms with Crippen LogP contribution in [-0.4, -0.2) is 17.6 Å². The van der Waals surface area contributed by atoms with Crippen molar-refractivity contribution in [2.75, 3.05) is 7.11 Å². The molecule has 0 radical (unpaired) electrons. The molecule has 0 atom stereocenters. The van der Waals surface area contributed by atoms with E-state index in [0.29, 0.717) is 16.7 Å². The van der Waals surface area contributed by atoms with E-state index in [1.54, 1.807) is 18.2 Å². The third-order valence-electron chi connectivity index (χ3n) is 3.36. The molecule has 1 aromatic heterocycles. The van der Waals surface area contributed by atoms with Crippen molar-refractivity contribution in [2.45, 2.75) is 6.92 Å². The number of rotatable bonds is 2. The molecule has 5 nitrogen and oxygen atoms in total. The summed E-state index contributed by atoms with van der Waals surface area (Å²) in [5.74, 6) is -0.941. The van der Waals surface area contributed by atoms with Gasteiger partial charge in [-0.15, -0.1) is 0 Å².